The normalized spacial score (nSPS) is 10.2. The lowest BCUT2D eigenvalue weighted by Crippen LogP contribution is -2.13. The molecule has 1 rings (SSSR count). The molecule has 0 aliphatic heterocycles. The predicted octanol–water partition coefficient (Wildman–Crippen LogP) is 1.39. The van der Waals surface area contributed by atoms with Gasteiger partial charge in [-0.3, -0.25) is 0 Å². The second-order valence-electron chi connectivity index (χ2n) is 3.16. The molecule has 0 aliphatic rings. The number of hydrogen-bond acceptors (Lipinski definition) is 5. The van der Waals surface area contributed by atoms with Crippen LogP contribution in [0.15, 0.2) is 12.1 Å². The molecule has 0 aliphatic carbocycles. The third kappa shape index (κ3) is 2.32. The molecule has 14 heavy (non-hydrogen) atoms. The first-order valence-corrected chi connectivity index (χ1v) is 4.18. The summed E-state index contributed by atoms with van der Waals surface area (Å²) in [6, 6.07) is 2.88. The number of nitrogens with one attached hydrogen (secondary N) is 1. The van der Waals surface area contributed by atoms with Crippen molar-refractivity contribution in [3.63, 3.8) is 0 Å². The summed E-state index contributed by atoms with van der Waals surface area (Å²) in [4.78, 5) is 13.7. The van der Waals surface area contributed by atoms with E-state index in [4.69, 9.17) is 5.73 Å². The van der Waals surface area contributed by atoms with Crippen LogP contribution >= 0.6 is 0 Å². The molecular weight excluding hydrogens is 184 g/mol. The Balaban J connectivity index is 3.02. The molecule has 3 N–H and O–H groups in total. The van der Waals surface area contributed by atoms with Crippen molar-refractivity contribution in [3.05, 3.63) is 22.2 Å². The Morgan fingerprint density at radius 2 is 2.21 bits per heavy atom. The van der Waals surface area contributed by atoms with Crippen molar-refractivity contribution >= 4 is 17.3 Å². The zero-order valence-electron chi connectivity index (χ0n) is 8.02. The van der Waals surface area contributed by atoms with Crippen molar-refractivity contribution in [1.29, 1.82) is 0 Å². The van der Waals surface area contributed by atoms with Crippen molar-refractivity contribution in [1.82, 2.24) is 4.98 Å². The van der Waals surface area contributed by atoms with E-state index in [-0.39, 0.29) is 11.9 Å². The molecule has 1 aromatic heterocycles. The molecule has 6 nitrogen and oxygen atoms in total. The van der Waals surface area contributed by atoms with E-state index in [1.54, 1.807) is 0 Å². The van der Waals surface area contributed by atoms with Crippen LogP contribution in [0.4, 0.5) is 17.3 Å². The summed E-state index contributed by atoms with van der Waals surface area (Å²) in [5.41, 5.74) is 6.00. The lowest BCUT2D eigenvalue weighted by Gasteiger charge is -2.07. The zero-order chi connectivity index (χ0) is 10.7. The third-order valence-corrected chi connectivity index (χ3v) is 1.52. The highest BCUT2D eigenvalue weighted by Crippen LogP contribution is 2.19. The molecule has 0 aromatic carbocycles. The fourth-order valence-electron chi connectivity index (χ4n) is 0.950. The SMILES string of the molecule is CC(C)Nc1nc([N+](=O)[O-])ccc1N. The van der Waals surface area contributed by atoms with Crippen LogP contribution in [-0.4, -0.2) is 15.9 Å². The van der Waals surface area contributed by atoms with Crippen LogP contribution in [-0.2, 0) is 0 Å². The van der Waals surface area contributed by atoms with E-state index in [1.807, 2.05) is 13.8 Å². The first-order chi connectivity index (χ1) is 6.50. The quantitative estimate of drug-likeness (QED) is 0.562. The van der Waals surface area contributed by atoms with Crippen LogP contribution in [0.5, 0.6) is 0 Å². The summed E-state index contributed by atoms with van der Waals surface area (Å²) < 4.78 is 0. The van der Waals surface area contributed by atoms with Crippen molar-refractivity contribution in [2.75, 3.05) is 11.1 Å². The van der Waals surface area contributed by atoms with Gasteiger partial charge in [0.25, 0.3) is 5.82 Å². The molecular formula is C8H12N4O2. The lowest BCUT2D eigenvalue weighted by molar-refractivity contribution is -0.389. The maximum Gasteiger partial charge on any atom is 0.365 e. The van der Waals surface area contributed by atoms with Crippen LogP contribution in [0.1, 0.15) is 13.8 Å². The van der Waals surface area contributed by atoms with Gasteiger partial charge in [0.15, 0.2) is 0 Å². The van der Waals surface area contributed by atoms with Gasteiger partial charge in [-0.05, 0) is 29.8 Å². The molecule has 1 aromatic rings. The molecule has 0 unspecified atom stereocenters. The molecule has 76 valence electrons. The van der Waals surface area contributed by atoms with Gasteiger partial charge in [-0.1, -0.05) is 0 Å². The molecule has 6 heteroatoms. The van der Waals surface area contributed by atoms with Crippen LogP contribution < -0.4 is 11.1 Å². The molecule has 0 fully saturated rings. The van der Waals surface area contributed by atoms with Gasteiger partial charge in [0.2, 0.25) is 0 Å². The third-order valence-electron chi connectivity index (χ3n) is 1.52. The zero-order valence-corrected chi connectivity index (χ0v) is 8.02. The van der Waals surface area contributed by atoms with Crippen molar-refractivity contribution < 1.29 is 4.92 Å². The molecule has 0 amide bonds. The van der Waals surface area contributed by atoms with Gasteiger partial charge in [-0.25, -0.2) is 0 Å². The van der Waals surface area contributed by atoms with Crippen LogP contribution in [0, 0.1) is 10.1 Å². The van der Waals surface area contributed by atoms with Gasteiger partial charge in [-0.15, -0.1) is 0 Å². The van der Waals surface area contributed by atoms with E-state index >= 15 is 0 Å². The van der Waals surface area contributed by atoms with Gasteiger partial charge in [-0.2, -0.15) is 0 Å². The van der Waals surface area contributed by atoms with E-state index in [0.29, 0.717) is 11.5 Å². The van der Waals surface area contributed by atoms with Gasteiger partial charge in [0.1, 0.15) is 5.69 Å². The molecule has 0 radical (unpaired) electrons. The lowest BCUT2D eigenvalue weighted by atomic mass is 10.3. The molecule has 0 spiro atoms. The minimum Gasteiger partial charge on any atom is -0.394 e. The number of pyridine rings is 1. The van der Waals surface area contributed by atoms with E-state index in [9.17, 15) is 10.1 Å². The highest BCUT2D eigenvalue weighted by atomic mass is 16.6. The summed E-state index contributed by atoms with van der Waals surface area (Å²) in [5.74, 6) is 0.150. The molecule has 0 bridgehead atoms. The maximum atomic E-state index is 10.4. The monoisotopic (exact) mass is 196 g/mol. The Kier molecular flexibility index (Phi) is 2.85. The number of aromatic nitrogens is 1. The smallest absolute Gasteiger partial charge is 0.365 e. The van der Waals surface area contributed by atoms with E-state index in [2.05, 4.69) is 10.3 Å². The fourth-order valence-corrected chi connectivity index (χ4v) is 0.950. The Bertz CT molecular complexity index is 351. The van der Waals surface area contributed by atoms with Gasteiger partial charge in [0, 0.05) is 12.1 Å². The van der Waals surface area contributed by atoms with E-state index in [0.717, 1.165) is 0 Å². The van der Waals surface area contributed by atoms with Gasteiger partial charge in [0.05, 0.1) is 0 Å². The minimum absolute atomic E-state index is 0.131. The number of anilines is 2. The average molecular weight is 196 g/mol. The van der Waals surface area contributed by atoms with E-state index in [1.165, 1.54) is 12.1 Å². The van der Waals surface area contributed by atoms with Crippen molar-refractivity contribution in [3.8, 4) is 0 Å². The number of nitrogens with two attached hydrogens (primary N) is 1. The molecule has 0 saturated heterocycles. The Labute approximate surface area is 81.3 Å². The fraction of sp³-hybridized carbons (Fsp3) is 0.375. The number of rotatable bonds is 3. The average Bonchev–Trinajstić information content (AvgIpc) is 2.07. The maximum absolute atomic E-state index is 10.4. The first kappa shape index (κ1) is 10.2. The predicted molar refractivity (Wildman–Crippen MR) is 54.1 cm³/mol. The summed E-state index contributed by atoms with van der Waals surface area (Å²) in [7, 11) is 0. The molecule has 0 saturated carbocycles. The number of nitrogen functional groups attached to an aromatic ring is 1. The molecule has 0 atom stereocenters. The Morgan fingerprint density at radius 1 is 1.57 bits per heavy atom. The van der Waals surface area contributed by atoms with Crippen LogP contribution in [0.3, 0.4) is 0 Å². The molecule has 1 heterocycles. The van der Waals surface area contributed by atoms with Crippen molar-refractivity contribution in [2.24, 2.45) is 0 Å². The van der Waals surface area contributed by atoms with Gasteiger partial charge >= 0.3 is 5.82 Å². The summed E-state index contributed by atoms with van der Waals surface area (Å²) in [5, 5.41) is 13.4. The highest BCUT2D eigenvalue weighted by Gasteiger charge is 2.13. The first-order valence-electron chi connectivity index (χ1n) is 4.18. The van der Waals surface area contributed by atoms with E-state index < -0.39 is 4.92 Å². The Hall–Kier alpha value is -1.85. The van der Waals surface area contributed by atoms with Crippen LogP contribution in [0.25, 0.3) is 0 Å². The number of nitro groups is 1. The summed E-state index contributed by atoms with van der Waals surface area (Å²) in [6.07, 6.45) is 0. The summed E-state index contributed by atoms with van der Waals surface area (Å²) >= 11 is 0. The second-order valence-corrected chi connectivity index (χ2v) is 3.16. The minimum atomic E-state index is -0.551. The topological polar surface area (TPSA) is 94.1 Å². The van der Waals surface area contributed by atoms with Crippen molar-refractivity contribution in [2.45, 2.75) is 19.9 Å². The largest absolute Gasteiger partial charge is 0.394 e. The number of nitrogens with zero attached hydrogens (tertiary/aromatic N) is 2. The summed E-state index contributed by atoms with van der Waals surface area (Å²) in [6.45, 7) is 3.81. The Morgan fingerprint density at radius 3 is 2.71 bits per heavy atom. The van der Waals surface area contributed by atoms with Gasteiger partial charge < -0.3 is 21.2 Å². The highest BCUT2D eigenvalue weighted by molar-refractivity contribution is 5.63. The second kappa shape index (κ2) is 3.91. The standard InChI is InChI=1S/C8H12N4O2/c1-5(2)10-8-6(9)3-4-7(11-8)12(13)14/h3-5H,9H2,1-2H3,(H,10,11). The van der Waals surface area contributed by atoms with Crippen LogP contribution in [0.2, 0.25) is 0 Å². The number of hydrogen-bond donors (Lipinski definition) is 2.